The number of hydrogen-bond acceptors (Lipinski definition) is 3. The summed E-state index contributed by atoms with van der Waals surface area (Å²) in [7, 11) is 0. The Morgan fingerprint density at radius 2 is 1.71 bits per heavy atom. The first-order valence-corrected chi connectivity index (χ1v) is 9.22. The third kappa shape index (κ3) is 3.82. The molecule has 2 aromatic rings. The fourth-order valence-corrected chi connectivity index (χ4v) is 3.24. The molecule has 6 heteroatoms. The zero-order chi connectivity index (χ0) is 16.9. The van der Waals surface area contributed by atoms with E-state index >= 15 is 0 Å². The number of nitrogens with one attached hydrogen (secondary N) is 1. The Bertz CT molecular complexity index is 690. The van der Waals surface area contributed by atoms with Gasteiger partial charge in [0.15, 0.2) is 0 Å². The van der Waals surface area contributed by atoms with E-state index < -0.39 is 0 Å². The van der Waals surface area contributed by atoms with Gasteiger partial charge in [0.2, 0.25) is 5.91 Å². The first kappa shape index (κ1) is 16.6. The number of hydrogen-bond donors (Lipinski definition) is 1. The van der Waals surface area contributed by atoms with Crippen molar-refractivity contribution in [1.29, 1.82) is 0 Å². The van der Waals surface area contributed by atoms with E-state index in [4.69, 9.17) is 0 Å². The van der Waals surface area contributed by atoms with Gasteiger partial charge in [0.25, 0.3) is 5.91 Å². The first-order chi connectivity index (χ1) is 11.7. The summed E-state index contributed by atoms with van der Waals surface area (Å²) in [5, 5.41) is 0. The summed E-state index contributed by atoms with van der Waals surface area (Å²) in [6.07, 6.45) is 5.91. The van der Waals surface area contributed by atoms with Crippen LogP contribution in [0.5, 0.6) is 0 Å². The van der Waals surface area contributed by atoms with Gasteiger partial charge in [-0.15, -0.1) is 11.8 Å². The van der Waals surface area contributed by atoms with Crippen LogP contribution in [0.25, 0.3) is 0 Å². The number of amides is 2. The molecular weight excluding hydrogens is 322 g/mol. The molecule has 1 fully saturated rings. The summed E-state index contributed by atoms with van der Waals surface area (Å²) in [4.78, 5) is 32.5. The van der Waals surface area contributed by atoms with E-state index in [1.54, 1.807) is 35.1 Å². The van der Waals surface area contributed by atoms with E-state index in [-0.39, 0.29) is 11.8 Å². The van der Waals surface area contributed by atoms with Crippen LogP contribution >= 0.6 is 11.8 Å². The van der Waals surface area contributed by atoms with Gasteiger partial charge in [0, 0.05) is 43.5 Å². The van der Waals surface area contributed by atoms with Crippen molar-refractivity contribution in [3.63, 3.8) is 0 Å². The van der Waals surface area contributed by atoms with Gasteiger partial charge < -0.3 is 14.8 Å². The summed E-state index contributed by atoms with van der Waals surface area (Å²) >= 11 is 1.69. The number of carbonyl (C=O) groups is 2. The van der Waals surface area contributed by atoms with Gasteiger partial charge in [-0.25, -0.2) is 0 Å². The highest BCUT2D eigenvalue weighted by molar-refractivity contribution is 7.98. The highest BCUT2D eigenvalue weighted by atomic mass is 32.2. The van der Waals surface area contributed by atoms with Gasteiger partial charge in [-0.05, 0) is 30.0 Å². The monoisotopic (exact) mass is 343 g/mol. The molecule has 0 radical (unpaired) electrons. The highest BCUT2D eigenvalue weighted by Crippen LogP contribution is 2.16. The molecule has 0 aliphatic carbocycles. The zero-order valence-corrected chi connectivity index (χ0v) is 14.5. The van der Waals surface area contributed by atoms with E-state index in [2.05, 4.69) is 4.98 Å². The standard InChI is InChI=1S/C18H21N3O2S/c1-24-16-4-2-14(3-5-16)12-17(22)20-8-10-21(11-9-20)18(23)15-6-7-19-13-15/h2-7,13,19H,8-12H2,1H3. The molecular formula is C18H21N3O2S. The molecule has 1 aromatic heterocycles. The van der Waals surface area contributed by atoms with Crippen molar-refractivity contribution in [3.05, 3.63) is 53.9 Å². The van der Waals surface area contributed by atoms with E-state index in [1.807, 2.05) is 35.4 Å². The predicted molar refractivity (Wildman–Crippen MR) is 95.2 cm³/mol. The average molecular weight is 343 g/mol. The molecule has 0 unspecified atom stereocenters. The lowest BCUT2D eigenvalue weighted by Gasteiger charge is -2.34. The number of rotatable bonds is 4. The van der Waals surface area contributed by atoms with Gasteiger partial charge in [0.1, 0.15) is 0 Å². The zero-order valence-electron chi connectivity index (χ0n) is 13.7. The molecule has 0 spiro atoms. The molecule has 1 aromatic carbocycles. The number of aromatic nitrogens is 1. The molecule has 0 saturated carbocycles. The van der Waals surface area contributed by atoms with Gasteiger partial charge in [0.05, 0.1) is 12.0 Å². The maximum atomic E-state index is 12.4. The van der Waals surface area contributed by atoms with Crippen LogP contribution in [0.15, 0.2) is 47.6 Å². The van der Waals surface area contributed by atoms with Gasteiger partial charge in [-0.1, -0.05) is 12.1 Å². The predicted octanol–water partition coefficient (Wildman–Crippen LogP) is 2.26. The fourth-order valence-electron chi connectivity index (χ4n) is 2.83. The molecule has 126 valence electrons. The Balaban J connectivity index is 1.52. The van der Waals surface area contributed by atoms with Crippen LogP contribution < -0.4 is 0 Å². The van der Waals surface area contributed by atoms with Crippen molar-refractivity contribution in [2.45, 2.75) is 11.3 Å². The molecule has 1 aliphatic rings. The van der Waals surface area contributed by atoms with Gasteiger partial charge >= 0.3 is 0 Å². The van der Waals surface area contributed by atoms with Crippen molar-refractivity contribution >= 4 is 23.6 Å². The molecule has 0 bridgehead atoms. The molecule has 2 heterocycles. The Kier molecular flexibility index (Phi) is 5.25. The van der Waals surface area contributed by atoms with E-state index in [0.29, 0.717) is 38.2 Å². The van der Waals surface area contributed by atoms with Crippen LogP contribution in [0, 0.1) is 0 Å². The largest absolute Gasteiger partial charge is 0.367 e. The Morgan fingerprint density at radius 1 is 1.04 bits per heavy atom. The molecule has 1 aliphatic heterocycles. The smallest absolute Gasteiger partial charge is 0.255 e. The molecule has 2 amide bonds. The van der Waals surface area contributed by atoms with E-state index in [0.717, 1.165) is 5.56 Å². The number of nitrogens with zero attached hydrogens (tertiary/aromatic N) is 2. The van der Waals surface area contributed by atoms with Crippen LogP contribution in [0.4, 0.5) is 0 Å². The highest BCUT2D eigenvalue weighted by Gasteiger charge is 2.24. The Labute approximate surface area is 146 Å². The lowest BCUT2D eigenvalue weighted by molar-refractivity contribution is -0.131. The minimum atomic E-state index is 0.0241. The molecule has 5 nitrogen and oxygen atoms in total. The molecule has 1 saturated heterocycles. The lowest BCUT2D eigenvalue weighted by Crippen LogP contribution is -2.50. The number of benzene rings is 1. The molecule has 0 atom stereocenters. The van der Waals surface area contributed by atoms with Crippen LogP contribution in [0.1, 0.15) is 15.9 Å². The van der Waals surface area contributed by atoms with Crippen LogP contribution in [-0.4, -0.2) is 59.0 Å². The second kappa shape index (κ2) is 7.57. The summed E-state index contributed by atoms with van der Waals surface area (Å²) in [5.74, 6) is 0.150. The second-order valence-corrected chi connectivity index (χ2v) is 6.68. The molecule has 1 N–H and O–H groups in total. The molecule has 24 heavy (non-hydrogen) atoms. The number of thioether (sulfide) groups is 1. The third-order valence-corrected chi connectivity index (χ3v) is 5.02. The molecule has 3 rings (SSSR count). The topological polar surface area (TPSA) is 56.4 Å². The minimum absolute atomic E-state index is 0.0241. The summed E-state index contributed by atoms with van der Waals surface area (Å²) in [6, 6.07) is 9.88. The normalized spacial score (nSPS) is 14.7. The Hall–Kier alpha value is -2.21. The lowest BCUT2D eigenvalue weighted by atomic mass is 10.1. The average Bonchev–Trinajstić information content (AvgIpc) is 3.16. The van der Waals surface area contributed by atoms with Crippen molar-refractivity contribution in [2.24, 2.45) is 0 Å². The SMILES string of the molecule is CSc1ccc(CC(=O)N2CCN(C(=O)c3cc[nH]c3)CC2)cc1. The fraction of sp³-hybridized carbons (Fsp3) is 0.333. The van der Waals surface area contributed by atoms with Crippen LogP contribution in [-0.2, 0) is 11.2 Å². The number of aromatic amines is 1. The minimum Gasteiger partial charge on any atom is -0.367 e. The number of H-pyrrole nitrogens is 1. The van der Waals surface area contributed by atoms with Crippen molar-refractivity contribution in [1.82, 2.24) is 14.8 Å². The van der Waals surface area contributed by atoms with Crippen LogP contribution in [0.3, 0.4) is 0 Å². The first-order valence-electron chi connectivity index (χ1n) is 8.00. The van der Waals surface area contributed by atoms with Crippen molar-refractivity contribution in [2.75, 3.05) is 32.4 Å². The Morgan fingerprint density at radius 3 is 2.29 bits per heavy atom. The van der Waals surface area contributed by atoms with Crippen LogP contribution in [0.2, 0.25) is 0 Å². The summed E-state index contributed by atoms with van der Waals surface area (Å²) < 4.78 is 0. The summed E-state index contributed by atoms with van der Waals surface area (Å²) in [6.45, 7) is 2.36. The van der Waals surface area contributed by atoms with Crippen molar-refractivity contribution < 1.29 is 9.59 Å². The second-order valence-electron chi connectivity index (χ2n) is 5.80. The maximum absolute atomic E-state index is 12.4. The third-order valence-electron chi connectivity index (χ3n) is 4.28. The van der Waals surface area contributed by atoms with Gasteiger partial charge in [-0.3, -0.25) is 9.59 Å². The van der Waals surface area contributed by atoms with E-state index in [9.17, 15) is 9.59 Å². The number of carbonyl (C=O) groups excluding carboxylic acids is 2. The van der Waals surface area contributed by atoms with Crippen molar-refractivity contribution in [3.8, 4) is 0 Å². The number of piperazine rings is 1. The summed E-state index contributed by atoms with van der Waals surface area (Å²) in [5.41, 5.74) is 1.70. The maximum Gasteiger partial charge on any atom is 0.255 e. The van der Waals surface area contributed by atoms with E-state index in [1.165, 1.54) is 4.90 Å². The van der Waals surface area contributed by atoms with Gasteiger partial charge in [-0.2, -0.15) is 0 Å². The quantitative estimate of drug-likeness (QED) is 0.867.